The van der Waals surface area contributed by atoms with Crippen LogP contribution < -0.4 is 24.8 Å². The summed E-state index contributed by atoms with van der Waals surface area (Å²) in [6.45, 7) is 4.17. The molecule has 228 valence electrons. The molecule has 0 radical (unpaired) electrons. The number of rotatable bonds is 16. The Balaban J connectivity index is 1.59. The van der Waals surface area contributed by atoms with Gasteiger partial charge in [0.05, 0.1) is 19.3 Å². The number of anilines is 1. The second-order valence-electron chi connectivity index (χ2n) is 9.99. The first kappa shape index (κ1) is 32.7. The molecule has 3 rings (SSSR count). The van der Waals surface area contributed by atoms with Gasteiger partial charge >= 0.3 is 11.9 Å². The number of methoxy groups -OCH3 is 1. The molecule has 0 saturated heterocycles. The van der Waals surface area contributed by atoms with Gasteiger partial charge in [0.25, 0.3) is 5.91 Å². The molecule has 10 heteroatoms. The van der Waals surface area contributed by atoms with Crippen LogP contribution in [-0.4, -0.2) is 48.6 Å². The van der Waals surface area contributed by atoms with Crippen LogP contribution in [0.25, 0.3) is 0 Å². The topological polar surface area (TPSA) is 140 Å². The molecule has 10 nitrogen and oxygen atoms in total. The van der Waals surface area contributed by atoms with Crippen molar-refractivity contribution in [3.8, 4) is 17.2 Å². The number of aliphatic carboxylic acids is 1. The average Bonchev–Trinajstić information content (AvgIpc) is 2.99. The summed E-state index contributed by atoms with van der Waals surface area (Å²) in [4.78, 5) is 48.6. The number of benzene rings is 3. The number of esters is 1. The predicted molar refractivity (Wildman–Crippen MR) is 162 cm³/mol. The van der Waals surface area contributed by atoms with Gasteiger partial charge in [-0.2, -0.15) is 0 Å². The number of ether oxygens (including phenoxy) is 3. The Bertz CT molecular complexity index is 1390. The molecule has 0 saturated carbocycles. The zero-order valence-corrected chi connectivity index (χ0v) is 24.7. The summed E-state index contributed by atoms with van der Waals surface area (Å²) in [5.74, 6) is -1.56. The minimum atomic E-state index is -1.24. The lowest BCUT2D eigenvalue weighted by molar-refractivity contribution is -0.139. The number of amides is 2. The molecule has 0 aliphatic rings. The van der Waals surface area contributed by atoms with Gasteiger partial charge in [0.1, 0.15) is 11.8 Å². The van der Waals surface area contributed by atoms with Gasteiger partial charge in [-0.3, -0.25) is 9.59 Å². The monoisotopic (exact) mass is 590 g/mol. The first-order chi connectivity index (χ1) is 20.7. The van der Waals surface area contributed by atoms with Crippen molar-refractivity contribution in [1.82, 2.24) is 5.32 Å². The third kappa shape index (κ3) is 10.5. The van der Waals surface area contributed by atoms with Crippen molar-refractivity contribution >= 4 is 29.4 Å². The van der Waals surface area contributed by atoms with E-state index < -0.39 is 23.9 Å². The molecule has 0 aliphatic heterocycles. The van der Waals surface area contributed by atoms with Crippen LogP contribution in [0.1, 0.15) is 72.2 Å². The Labute approximate surface area is 251 Å². The molecule has 3 aromatic rings. The summed E-state index contributed by atoms with van der Waals surface area (Å²) in [5, 5.41) is 14.9. The number of unbranched alkanes of at least 4 members (excludes halogenated alkanes) is 4. The summed E-state index contributed by atoms with van der Waals surface area (Å²) in [5.41, 5.74) is 1.63. The number of hydrogen-bond donors (Lipinski definition) is 3. The van der Waals surface area contributed by atoms with Crippen molar-refractivity contribution in [2.24, 2.45) is 0 Å². The SMILES string of the molecule is CCCCCCCOc1ccc(C(=O)Oc2ccc(CC(NC(=O)c3ccc(NC(C)=O)cc3)C(=O)O)cc2OC)cc1. The maximum absolute atomic E-state index is 12.8. The molecule has 0 spiro atoms. The lowest BCUT2D eigenvalue weighted by Crippen LogP contribution is -2.42. The fourth-order valence-corrected chi connectivity index (χ4v) is 4.25. The second kappa shape index (κ2) is 16.5. The summed E-state index contributed by atoms with van der Waals surface area (Å²) in [6.07, 6.45) is 5.68. The van der Waals surface area contributed by atoms with E-state index >= 15 is 0 Å². The molecule has 2 amide bonds. The molecular weight excluding hydrogens is 552 g/mol. The molecule has 0 aliphatic carbocycles. The standard InChI is InChI=1S/C33H38N2O8/c1-4-5-6-7-8-19-42-27-16-12-25(13-17-27)33(40)43-29-18-9-23(21-30(29)41-3)20-28(32(38)39)35-31(37)24-10-14-26(15-11-24)34-22(2)36/h9-18,21,28H,4-8,19-20H2,1-3H3,(H,34,36)(H,35,37)(H,38,39). The van der Waals surface area contributed by atoms with Gasteiger partial charge < -0.3 is 30.0 Å². The van der Waals surface area contributed by atoms with Crippen molar-refractivity contribution in [3.05, 3.63) is 83.4 Å². The molecule has 3 N–H and O–H groups in total. The lowest BCUT2D eigenvalue weighted by atomic mass is 10.0. The molecular formula is C33H38N2O8. The smallest absolute Gasteiger partial charge is 0.343 e. The van der Waals surface area contributed by atoms with Crippen molar-refractivity contribution < 1.29 is 38.5 Å². The molecule has 0 fully saturated rings. The fourth-order valence-electron chi connectivity index (χ4n) is 4.25. The van der Waals surface area contributed by atoms with Crippen molar-refractivity contribution in [1.29, 1.82) is 0 Å². The Morgan fingerprint density at radius 2 is 1.51 bits per heavy atom. The van der Waals surface area contributed by atoms with Gasteiger partial charge in [-0.1, -0.05) is 38.7 Å². The quantitative estimate of drug-likeness (QED) is 0.111. The van der Waals surface area contributed by atoms with E-state index in [0.29, 0.717) is 29.2 Å². The molecule has 0 bridgehead atoms. The number of carbonyl (C=O) groups is 4. The van der Waals surface area contributed by atoms with Crippen molar-refractivity contribution in [3.63, 3.8) is 0 Å². The average molecular weight is 591 g/mol. The largest absolute Gasteiger partial charge is 0.494 e. The Morgan fingerprint density at radius 1 is 0.837 bits per heavy atom. The van der Waals surface area contributed by atoms with E-state index in [1.54, 1.807) is 48.5 Å². The Morgan fingerprint density at radius 3 is 2.14 bits per heavy atom. The van der Waals surface area contributed by atoms with Crippen LogP contribution in [-0.2, 0) is 16.0 Å². The van der Waals surface area contributed by atoms with Crippen LogP contribution in [0.4, 0.5) is 5.69 Å². The summed E-state index contributed by atoms with van der Waals surface area (Å²) in [7, 11) is 1.41. The number of carboxylic acid groups (broad SMARTS) is 1. The third-order valence-electron chi connectivity index (χ3n) is 6.55. The Kier molecular flexibility index (Phi) is 12.6. The number of carbonyl (C=O) groups excluding carboxylic acids is 3. The highest BCUT2D eigenvalue weighted by atomic mass is 16.6. The van der Waals surface area contributed by atoms with E-state index in [-0.39, 0.29) is 29.4 Å². The van der Waals surface area contributed by atoms with E-state index in [2.05, 4.69) is 17.6 Å². The number of hydrogen-bond acceptors (Lipinski definition) is 7. The van der Waals surface area contributed by atoms with Gasteiger partial charge in [0.2, 0.25) is 5.91 Å². The Hall–Kier alpha value is -4.86. The highest BCUT2D eigenvalue weighted by molar-refractivity contribution is 5.97. The van der Waals surface area contributed by atoms with E-state index in [0.717, 1.165) is 12.8 Å². The van der Waals surface area contributed by atoms with Crippen LogP contribution >= 0.6 is 0 Å². The van der Waals surface area contributed by atoms with Crippen LogP contribution in [0.5, 0.6) is 17.2 Å². The van der Waals surface area contributed by atoms with Gasteiger partial charge in [-0.15, -0.1) is 0 Å². The third-order valence-corrected chi connectivity index (χ3v) is 6.55. The van der Waals surface area contributed by atoms with Crippen LogP contribution in [0.2, 0.25) is 0 Å². The summed E-state index contributed by atoms with van der Waals surface area (Å²) in [6, 6.07) is 16.2. The molecule has 1 atom stereocenters. The fraction of sp³-hybridized carbons (Fsp3) is 0.333. The van der Waals surface area contributed by atoms with E-state index in [1.165, 1.54) is 51.5 Å². The van der Waals surface area contributed by atoms with E-state index in [1.807, 2.05) is 0 Å². The normalized spacial score (nSPS) is 11.2. The highest BCUT2D eigenvalue weighted by Crippen LogP contribution is 2.29. The van der Waals surface area contributed by atoms with Crippen LogP contribution in [0.3, 0.4) is 0 Å². The second-order valence-corrected chi connectivity index (χ2v) is 9.99. The predicted octanol–water partition coefficient (Wildman–Crippen LogP) is 5.65. The van der Waals surface area contributed by atoms with E-state index in [4.69, 9.17) is 14.2 Å². The molecule has 0 aromatic heterocycles. The molecule has 1 unspecified atom stereocenters. The first-order valence-corrected chi connectivity index (χ1v) is 14.2. The zero-order valence-electron chi connectivity index (χ0n) is 24.7. The minimum absolute atomic E-state index is 0.0459. The highest BCUT2D eigenvalue weighted by Gasteiger charge is 2.22. The van der Waals surface area contributed by atoms with Crippen molar-refractivity contribution in [2.75, 3.05) is 19.0 Å². The van der Waals surface area contributed by atoms with Gasteiger partial charge in [-0.25, -0.2) is 9.59 Å². The van der Waals surface area contributed by atoms with E-state index in [9.17, 15) is 24.3 Å². The number of carboxylic acids is 1. The van der Waals surface area contributed by atoms with Crippen LogP contribution in [0.15, 0.2) is 66.7 Å². The van der Waals surface area contributed by atoms with Gasteiger partial charge in [-0.05, 0) is 72.6 Å². The van der Waals surface area contributed by atoms with Gasteiger partial charge in [0.15, 0.2) is 11.5 Å². The minimum Gasteiger partial charge on any atom is -0.494 e. The zero-order chi connectivity index (χ0) is 31.2. The van der Waals surface area contributed by atoms with Gasteiger partial charge in [0, 0.05) is 24.6 Å². The maximum atomic E-state index is 12.8. The molecule has 0 heterocycles. The maximum Gasteiger partial charge on any atom is 0.343 e. The number of nitrogens with one attached hydrogen (secondary N) is 2. The lowest BCUT2D eigenvalue weighted by Gasteiger charge is -2.16. The summed E-state index contributed by atoms with van der Waals surface area (Å²) >= 11 is 0. The molecule has 43 heavy (non-hydrogen) atoms. The van der Waals surface area contributed by atoms with Crippen molar-refractivity contribution in [2.45, 2.75) is 58.4 Å². The van der Waals surface area contributed by atoms with Crippen LogP contribution in [0, 0.1) is 0 Å². The molecule has 3 aromatic carbocycles. The summed E-state index contributed by atoms with van der Waals surface area (Å²) < 4.78 is 16.7. The first-order valence-electron chi connectivity index (χ1n) is 14.2.